The van der Waals surface area contributed by atoms with Gasteiger partial charge in [0.1, 0.15) is 23.1 Å². The smallest absolute Gasteiger partial charge is 0.244 e. The van der Waals surface area contributed by atoms with E-state index in [1.165, 1.54) is 10.5 Å². The largest absolute Gasteiger partial charge is 0.492 e. The molecular formula is C18H22ClN3O4S. The van der Waals surface area contributed by atoms with E-state index in [9.17, 15) is 8.42 Å². The molecule has 146 valence electrons. The Morgan fingerprint density at radius 3 is 2.52 bits per heavy atom. The van der Waals surface area contributed by atoms with Crippen LogP contribution in [0.25, 0.3) is 0 Å². The van der Waals surface area contributed by atoms with Gasteiger partial charge >= 0.3 is 0 Å². The van der Waals surface area contributed by atoms with Gasteiger partial charge in [0.2, 0.25) is 10.0 Å². The molecule has 1 aromatic heterocycles. The van der Waals surface area contributed by atoms with Gasteiger partial charge in [-0.3, -0.25) is 0 Å². The maximum Gasteiger partial charge on any atom is 0.244 e. The summed E-state index contributed by atoms with van der Waals surface area (Å²) < 4.78 is 37.5. The van der Waals surface area contributed by atoms with Gasteiger partial charge in [-0.25, -0.2) is 13.4 Å². The number of rotatable bonds is 7. The second-order valence-electron chi connectivity index (χ2n) is 6.09. The highest BCUT2D eigenvalue weighted by atomic mass is 35.5. The van der Waals surface area contributed by atoms with Crippen LogP contribution < -0.4 is 9.64 Å². The average Bonchev–Trinajstić information content (AvgIpc) is 2.70. The Labute approximate surface area is 164 Å². The first-order valence-electron chi connectivity index (χ1n) is 8.60. The molecule has 0 unspecified atom stereocenters. The lowest BCUT2D eigenvalue weighted by Gasteiger charge is -2.26. The highest BCUT2D eigenvalue weighted by molar-refractivity contribution is 7.89. The van der Waals surface area contributed by atoms with Gasteiger partial charge < -0.3 is 14.4 Å². The number of sulfonamides is 1. The molecule has 2 aromatic rings. The second kappa shape index (κ2) is 8.88. The van der Waals surface area contributed by atoms with E-state index in [0.29, 0.717) is 50.3 Å². The number of aromatic nitrogens is 1. The quantitative estimate of drug-likeness (QED) is 0.696. The third-order valence-corrected chi connectivity index (χ3v) is 6.36. The van der Waals surface area contributed by atoms with Crippen molar-refractivity contribution < 1.29 is 17.9 Å². The number of morpholine rings is 1. The molecule has 9 heteroatoms. The van der Waals surface area contributed by atoms with Crippen molar-refractivity contribution in [1.29, 1.82) is 0 Å². The van der Waals surface area contributed by atoms with Crippen LogP contribution in [0.2, 0.25) is 5.02 Å². The summed E-state index contributed by atoms with van der Waals surface area (Å²) in [6.07, 6.45) is 1.40. The van der Waals surface area contributed by atoms with Gasteiger partial charge in [0, 0.05) is 31.4 Å². The zero-order chi connectivity index (χ0) is 19.3. The Hall–Kier alpha value is -1.87. The first-order valence-corrected chi connectivity index (χ1v) is 10.4. The van der Waals surface area contributed by atoms with E-state index in [1.54, 1.807) is 24.3 Å². The molecule has 1 aliphatic heterocycles. The van der Waals surface area contributed by atoms with Crippen LogP contribution in [0.1, 0.15) is 0 Å². The molecule has 0 atom stereocenters. The Morgan fingerprint density at radius 1 is 1.19 bits per heavy atom. The predicted octanol–water partition coefficient (Wildman–Crippen LogP) is 2.27. The summed E-state index contributed by atoms with van der Waals surface area (Å²) in [7, 11) is -1.65. The molecule has 0 radical (unpaired) electrons. The van der Waals surface area contributed by atoms with Gasteiger partial charge in [-0.15, -0.1) is 0 Å². The molecule has 0 amide bonds. The van der Waals surface area contributed by atoms with E-state index < -0.39 is 10.0 Å². The summed E-state index contributed by atoms with van der Waals surface area (Å²) in [5.41, 5.74) is 0. The van der Waals surface area contributed by atoms with Crippen molar-refractivity contribution in [1.82, 2.24) is 9.29 Å². The Morgan fingerprint density at radius 2 is 1.89 bits per heavy atom. The minimum Gasteiger partial charge on any atom is -0.492 e. The minimum atomic E-state index is -3.52. The summed E-state index contributed by atoms with van der Waals surface area (Å²) in [4.78, 5) is 6.39. The maximum atomic E-state index is 12.6. The molecule has 0 saturated carbocycles. The highest BCUT2D eigenvalue weighted by Crippen LogP contribution is 2.19. The van der Waals surface area contributed by atoms with Gasteiger partial charge in [0.05, 0.1) is 19.8 Å². The molecule has 0 N–H and O–H groups in total. The van der Waals surface area contributed by atoms with Crippen molar-refractivity contribution in [3.63, 3.8) is 0 Å². The molecule has 1 aliphatic rings. The van der Waals surface area contributed by atoms with E-state index >= 15 is 0 Å². The number of nitrogens with zero attached hydrogens (tertiary/aromatic N) is 3. The fourth-order valence-corrected chi connectivity index (χ4v) is 4.11. The molecule has 0 bridgehead atoms. The third-order valence-electron chi connectivity index (χ3n) is 4.23. The number of benzene rings is 1. The standard InChI is InChI=1S/C18H22ClN3O4S/c1-21(8-13-26-16-4-2-15(19)3-5-16)18-7-6-17(14-20-18)27(23,24)22-9-11-25-12-10-22/h2-7,14H,8-13H2,1H3. The second-order valence-corrected chi connectivity index (χ2v) is 8.47. The molecule has 1 saturated heterocycles. The number of hydrogen-bond acceptors (Lipinski definition) is 6. The highest BCUT2D eigenvalue weighted by Gasteiger charge is 2.26. The number of pyridine rings is 1. The molecule has 3 rings (SSSR count). The van der Waals surface area contributed by atoms with Crippen LogP contribution in [0.3, 0.4) is 0 Å². The van der Waals surface area contributed by atoms with Crippen molar-refractivity contribution in [2.24, 2.45) is 0 Å². The summed E-state index contributed by atoms with van der Waals surface area (Å²) in [5.74, 6) is 1.42. The molecule has 2 heterocycles. The number of hydrogen-bond donors (Lipinski definition) is 0. The topological polar surface area (TPSA) is 72.0 Å². The number of anilines is 1. The van der Waals surface area contributed by atoms with E-state index in [0.717, 1.165) is 5.75 Å². The lowest BCUT2D eigenvalue weighted by Crippen LogP contribution is -2.40. The first-order chi connectivity index (χ1) is 13.0. The lowest BCUT2D eigenvalue weighted by atomic mass is 10.3. The number of ether oxygens (including phenoxy) is 2. The van der Waals surface area contributed by atoms with Crippen molar-refractivity contribution >= 4 is 27.4 Å². The zero-order valence-corrected chi connectivity index (χ0v) is 16.6. The molecule has 27 heavy (non-hydrogen) atoms. The van der Waals surface area contributed by atoms with E-state index in [2.05, 4.69) is 4.98 Å². The lowest BCUT2D eigenvalue weighted by molar-refractivity contribution is 0.0730. The fraction of sp³-hybridized carbons (Fsp3) is 0.389. The fourth-order valence-electron chi connectivity index (χ4n) is 2.63. The van der Waals surface area contributed by atoms with Crippen LogP contribution in [-0.4, -0.2) is 64.2 Å². The van der Waals surface area contributed by atoms with Crippen LogP contribution in [0.4, 0.5) is 5.82 Å². The number of likely N-dealkylation sites (N-methyl/N-ethyl adjacent to an activating group) is 1. The van der Waals surface area contributed by atoms with Crippen molar-refractivity contribution in [3.8, 4) is 5.75 Å². The molecule has 0 aliphatic carbocycles. The Balaban J connectivity index is 1.56. The van der Waals surface area contributed by atoms with E-state index in [1.807, 2.05) is 24.1 Å². The van der Waals surface area contributed by atoms with Crippen LogP contribution in [0.15, 0.2) is 47.5 Å². The van der Waals surface area contributed by atoms with Crippen LogP contribution in [0, 0.1) is 0 Å². The van der Waals surface area contributed by atoms with Crippen LogP contribution in [0.5, 0.6) is 5.75 Å². The summed E-state index contributed by atoms with van der Waals surface area (Å²) in [5, 5.41) is 0.663. The summed E-state index contributed by atoms with van der Waals surface area (Å²) >= 11 is 5.85. The molecule has 1 aromatic carbocycles. The van der Waals surface area contributed by atoms with E-state index in [4.69, 9.17) is 21.1 Å². The summed E-state index contributed by atoms with van der Waals surface area (Å²) in [6, 6.07) is 10.5. The zero-order valence-electron chi connectivity index (χ0n) is 15.0. The molecular weight excluding hydrogens is 390 g/mol. The SMILES string of the molecule is CN(CCOc1ccc(Cl)cc1)c1ccc(S(=O)(=O)N2CCOCC2)cn1. The summed E-state index contributed by atoms with van der Waals surface area (Å²) in [6.45, 7) is 2.64. The van der Waals surface area contributed by atoms with Crippen molar-refractivity contribution in [2.75, 3.05) is 51.4 Å². The third kappa shape index (κ3) is 5.10. The van der Waals surface area contributed by atoms with Crippen molar-refractivity contribution in [2.45, 2.75) is 4.90 Å². The van der Waals surface area contributed by atoms with E-state index in [-0.39, 0.29) is 4.90 Å². The van der Waals surface area contributed by atoms with Gasteiger partial charge in [-0.05, 0) is 36.4 Å². The van der Waals surface area contributed by atoms with Crippen LogP contribution in [-0.2, 0) is 14.8 Å². The average molecular weight is 412 g/mol. The minimum absolute atomic E-state index is 0.193. The molecule has 0 spiro atoms. The van der Waals surface area contributed by atoms with Gasteiger partial charge in [0.15, 0.2) is 0 Å². The maximum absolute atomic E-state index is 12.6. The van der Waals surface area contributed by atoms with Gasteiger partial charge in [-0.2, -0.15) is 4.31 Å². The van der Waals surface area contributed by atoms with Crippen LogP contribution >= 0.6 is 11.6 Å². The molecule has 1 fully saturated rings. The normalized spacial score (nSPS) is 15.5. The first kappa shape index (κ1) is 19.9. The molecule has 7 nitrogen and oxygen atoms in total. The Kier molecular flexibility index (Phi) is 6.54. The van der Waals surface area contributed by atoms with Gasteiger partial charge in [0.25, 0.3) is 0 Å². The van der Waals surface area contributed by atoms with Gasteiger partial charge in [-0.1, -0.05) is 11.6 Å². The Bertz CT molecular complexity index is 838. The number of halogens is 1. The monoisotopic (exact) mass is 411 g/mol. The van der Waals surface area contributed by atoms with Crippen molar-refractivity contribution in [3.05, 3.63) is 47.6 Å². The predicted molar refractivity (Wildman–Crippen MR) is 104 cm³/mol.